The van der Waals surface area contributed by atoms with Gasteiger partial charge in [-0.1, -0.05) is 6.42 Å². The van der Waals surface area contributed by atoms with Gasteiger partial charge in [-0.05, 0) is 48.2 Å². The minimum atomic E-state index is 0.503. The molecule has 0 spiro atoms. The molecular formula is C14H19N3S. The number of hydrogen-bond acceptors (Lipinski definition) is 3. The number of nitrogens with zero attached hydrogens (tertiary/aromatic N) is 2. The van der Waals surface area contributed by atoms with Gasteiger partial charge in [0.25, 0.3) is 0 Å². The number of aromatic nitrogens is 2. The number of piperidine rings is 1. The van der Waals surface area contributed by atoms with Crippen molar-refractivity contribution in [3.05, 3.63) is 40.6 Å². The second-order valence-electron chi connectivity index (χ2n) is 4.90. The fourth-order valence-electron chi connectivity index (χ4n) is 2.60. The van der Waals surface area contributed by atoms with Gasteiger partial charge in [0.05, 0.1) is 12.0 Å². The highest BCUT2D eigenvalue weighted by molar-refractivity contribution is 7.07. The molecule has 0 amide bonds. The van der Waals surface area contributed by atoms with Crippen molar-refractivity contribution in [1.29, 1.82) is 0 Å². The van der Waals surface area contributed by atoms with Crippen molar-refractivity contribution in [3.8, 4) is 0 Å². The van der Waals surface area contributed by atoms with Crippen LogP contribution in [0.15, 0.2) is 29.4 Å². The van der Waals surface area contributed by atoms with E-state index in [9.17, 15) is 0 Å². The summed E-state index contributed by atoms with van der Waals surface area (Å²) in [7, 11) is 0. The topological polar surface area (TPSA) is 29.9 Å². The molecule has 1 saturated heterocycles. The third-order valence-electron chi connectivity index (χ3n) is 3.63. The summed E-state index contributed by atoms with van der Waals surface area (Å²) >= 11 is 1.77. The third-order valence-corrected chi connectivity index (χ3v) is 4.37. The molecule has 0 radical (unpaired) electrons. The van der Waals surface area contributed by atoms with Gasteiger partial charge in [-0.3, -0.25) is 0 Å². The zero-order chi connectivity index (χ0) is 12.2. The van der Waals surface area contributed by atoms with Gasteiger partial charge in [0, 0.05) is 18.8 Å². The Bertz CT molecular complexity index is 469. The normalized spacial score (nSPS) is 20.1. The summed E-state index contributed by atoms with van der Waals surface area (Å²) < 4.78 is 2.31. The Hall–Kier alpha value is -1.13. The van der Waals surface area contributed by atoms with Gasteiger partial charge in [-0.2, -0.15) is 11.3 Å². The summed E-state index contributed by atoms with van der Waals surface area (Å²) in [4.78, 5) is 4.32. The molecule has 4 heteroatoms. The largest absolute Gasteiger partial charge is 0.333 e. The van der Waals surface area contributed by atoms with Gasteiger partial charge < -0.3 is 9.88 Å². The van der Waals surface area contributed by atoms with Crippen LogP contribution in [0.25, 0.3) is 0 Å². The van der Waals surface area contributed by atoms with Crippen LogP contribution < -0.4 is 5.32 Å². The Kier molecular flexibility index (Phi) is 3.76. The summed E-state index contributed by atoms with van der Waals surface area (Å²) in [5.41, 5.74) is 2.78. The Morgan fingerprint density at radius 3 is 3.22 bits per heavy atom. The zero-order valence-electron chi connectivity index (χ0n) is 10.5. The maximum Gasteiger partial charge on any atom is 0.0948 e. The van der Waals surface area contributed by atoms with Crippen LogP contribution in [0.1, 0.15) is 36.6 Å². The van der Waals surface area contributed by atoms with Crippen molar-refractivity contribution in [3.63, 3.8) is 0 Å². The van der Waals surface area contributed by atoms with Crippen molar-refractivity contribution >= 4 is 11.3 Å². The van der Waals surface area contributed by atoms with E-state index in [1.807, 2.05) is 12.5 Å². The average Bonchev–Trinajstić information content (AvgIpc) is 3.09. The molecule has 2 aromatic rings. The van der Waals surface area contributed by atoms with E-state index in [4.69, 9.17) is 0 Å². The highest BCUT2D eigenvalue weighted by Gasteiger charge is 2.18. The number of thiophene rings is 1. The summed E-state index contributed by atoms with van der Waals surface area (Å²) in [6.07, 6.45) is 8.96. The van der Waals surface area contributed by atoms with Crippen LogP contribution in [0.3, 0.4) is 0 Å². The maximum absolute atomic E-state index is 4.32. The third kappa shape index (κ3) is 2.65. The fourth-order valence-corrected chi connectivity index (χ4v) is 3.30. The lowest BCUT2D eigenvalue weighted by Crippen LogP contribution is -2.28. The molecule has 18 heavy (non-hydrogen) atoms. The van der Waals surface area contributed by atoms with Crippen LogP contribution in [0.4, 0.5) is 0 Å². The van der Waals surface area contributed by atoms with Gasteiger partial charge in [0.2, 0.25) is 0 Å². The second-order valence-corrected chi connectivity index (χ2v) is 5.68. The predicted octanol–water partition coefficient (Wildman–Crippen LogP) is 3.00. The first-order valence-electron chi connectivity index (χ1n) is 6.68. The number of nitrogens with one attached hydrogen (secondary N) is 1. The van der Waals surface area contributed by atoms with Crippen LogP contribution in [0.2, 0.25) is 0 Å². The van der Waals surface area contributed by atoms with Gasteiger partial charge >= 0.3 is 0 Å². The lowest BCUT2D eigenvalue weighted by atomic mass is 10.0. The monoisotopic (exact) mass is 261 g/mol. The molecule has 2 aromatic heterocycles. The van der Waals surface area contributed by atoms with Crippen molar-refractivity contribution in [2.24, 2.45) is 0 Å². The number of rotatable bonds is 4. The van der Waals surface area contributed by atoms with Crippen molar-refractivity contribution in [2.45, 2.75) is 38.3 Å². The molecule has 1 aliphatic rings. The Balaban J connectivity index is 1.67. The van der Waals surface area contributed by atoms with E-state index in [0.717, 1.165) is 19.5 Å². The molecule has 96 valence electrons. The SMILES string of the molecule is c1cc(CCn2cncc2C2CCCCN2)cs1. The standard InChI is InChI=1S/C14H19N3S/c1-2-6-16-13(3-1)14-9-15-11-17(14)7-4-12-5-8-18-10-12/h5,8-11,13,16H,1-4,6-7H2. The Morgan fingerprint density at radius 2 is 2.44 bits per heavy atom. The molecule has 3 rings (SSSR count). The van der Waals surface area contributed by atoms with E-state index >= 15 is 0 Å². The molecule has 1 aliphatic heterocycles. The average molecular weight is 261 g/mol. The smallest absolute Gasteiger partial charge is 0.0948 e. The van der Waals surface area contributed by atoms with Gasteiger partial charge in [0.15, 0.2) is 0 Å². The molecule has 1 unspecified atom stereocenters. The molecule has 3 nitrogen and oxygen atoms in total. The van der Waals surface area contributed by atoms with E-state index in [-0.39, 0.29) is 0 Å². The lowest BCUT2D eigenvalue weighted by molar-refractivity contribution is 0.393. The predicted molar refractivity (Wildman–Crippen MR) is 74.8 cm³/mol. The maximum atomic E-state index is 4.32. The zero-order valence-corrected chi connectivity index (χ0v) is 11.3. The molecule has 0 bridgehead atoms. The molecule has 0 aliphatic carbocycles. The minimum Gasteiger partial charge on any atom is -0.333 e. The van der Waals surface area contributed by atoms with E-state index in [0.29, 0.717) is 6.04 Å². The highest BCUT2D eigenvalue weighted by atomic mass is 32.1. The second kappa shape index (κ2) is 5.67. The molecular weight excluding hydrogens is 242 g/mol. The molecule has 1 fully saturated rings. The molecule has 1 atom stereocenters. The summed E-state index contributed by atoms with van der Waals surface area (Å²) in [5.74, 6) is 0. The summed E-state index contributed by atoms with van der Waals surface area (Å²) in [5, 5.41) is 7.97. The first kappa shape index (κ1) is 11.9. The summed E-state index contributed by atoms with van der Waals surface area (Å²) in [6, 6.07) is 2.71. The molecule has 3 heterocycles. The fraction of sp³-hybridized carbons (Fsp3) is 0.500. The van der Waals surface area contributed by atoms with E-state index in [1.165, 1.54) is 30.5 Å². The Morgan fingerprint density at radius 1 is 1.44 bits per heavy atom. The van der Waals surface area contributed by atoms with Gasteiger partial charge in [0.1, 0.15) is 0 Å². The van der Waals surface area contributed by atoms with E-state index in [1.54, 1.807) is 11.3 Å². The van der Waals surface area contributed by atoms with E-state index < -0.39 is 0 Å². The lowest BCUT2D eigenvalue weighted by Gasteiger charge is -2.24. The summed E-state index contributed by atoms with van der Waals surface area (Å²) in [6.45, 7) is 2.17. The van der Waals surface area contributed by atoms with Crippen molar-refractivity contribution in [2.75, 3.05) is 6.54 Å². The Labute approximate surface area is 112 Å². The number of aryl methyl sites for hydroxylation is 2. The minimum absolute atomic E-state index is 0.503. The first-order valence-corrected chi connectivity index (χ1v) is 7.62. The van der Waals surface area contributed by atoms with Crippen LogP contribution in [0.5, 0.6) is 0 Å². The van der Waals surface area contributed by atoms with Crippen LogP contribution in [-0.4, -0.2) is 16.1 Å². The number of imidazole rings is 1. The van der Waals surface area contributed by atoms with Gasteiger partial charge in [-0.25, -0.2) is 4.98 Å². The molecule has 0 saturated carbocycles. The van der Waals surface area contributed by atoms with Crippen LogP contribution >= 0.6 is 11.3 Å². The van der Waals surface area contributed by atoms with E-state index in [2.05, 4.69) is 31.7 Å². The van der Waals surface area contributed by atoms with Crippen molar-refractivity contribution < 1.29 is 0 Å². The highest BCUT2D eigenvalue weighted by Crippen LogP contribution is 2.22. The molecule has 0 aromatic carbocycles. The van der Waals surface area contributed by atoms with Crippen molar-refractivity contribution in [1.82, 2.24) is 14.9 Å². The van der Waals surface area contributed by atoms with Crippen LogP contribution in [-0.2, 0) is 13.0 Å². The van der Waals surface area contributed by atoms with Crippen LogP contribution in [0, 0.1) is 0 Å². The first-order chi connectivity index (χ1) is 8.93. The molecule has 1 N–H and O–H groups in total. The quantitative estimate of drug-likeness (QED) is 0.917. The van der Waals surface area contributed by atoms with Gasteiger partial charge in [-0.15, -0.1) is 0 Å². The number of hydrogen-bond donors (Lipinski definition) is 1.